The van der Waals surface area contributed by atoms with Gasteiger partial charge in [-0.05, 0) is 54.8 Å². The SMILES string of the molecule is CC(=Cc1cnc2c(c1)CCN2S(=O)(=O)c1cccc(F)c1)C(=O)O. The van der Waals surface area contributed by atoms with E-state index in [0.29, 0.717) is 17.5 Å². The standard InChI is InChI=1S/C17H15FN2O4S/c1-11(17(21)22)7-12-8-13-5-6-20(16(13)19-10-12)25(23,24)15-4-2-3-14(18)9-15/h2-4,7-10H,5-6H2,1H3,(H,21,22). The summed E-state index contributed by atoms with van der Waals surface area (Å²) in [4.78, 5) is 14.9. The molecule has 0 fully saturated rings. The van der Waals surface area contributed by atoms with E-state index < -0.39 is 21.8 Å². The Kier molecular flexibility index (Phi) is 4.30. The Hall–Kier alpha value is -2.74. The zero-order valence-electron chi connectivity index (χ0n) is 13.3. The van der Waals surface area contributed by atoms with Crippen molar-refractivity contribution in [3.8, 4) is 0 Å². The Morgan fingerprint density at radius 1 is 1.36 bits per heavy atom. The van der Waals surface area contributed by atoms with Crippen molar-refractivity contribution in [1.29, 1.82) is 0 Å². The van der Waals surface area contributed by atoms with Crippen molar-refractivity contribution in [2.75, 3.05) is 10.8 Å². The van der Waals surface area contributed by atoms with E-state index in [4.69, 9.17) is 5.11 Å². The number of fused-ring (bicyclic) bond motifs is 1. The number of sulfonamides is 1. The topological polar surface area (TPSA) is 87.6 Å². The smallest absolute Gasteiger partial charge is 0.331 e. The van der Waals surface area contributed by atoms with E-state index in [2.05, 4.69) is 4.98 Å². The second-order valence-corrected chi connectivity index (χ2v) is 7.53. The maximum atomic E-state index is 13.4. The lowest BCUT2D eigenvalue weighted by Gasteiger charge is -2.18. The molecule has 0 saturated carbocycles. The second kappa shape index (κ2) is 6.29. The van der Waals surface area contributed by atoms with Crippen LogP contribution in [0.2, 0.25) is 0 Å². The van der Waals surface area contributed by atoms with Crippen LogP contribution in [0.1, 0.15) is 18.1 Å². The predicted molar refractivity (Wildman–Crippen MR) is 90.2 cm³/mol. The number of rotatable bonds is 4. The monoisotopic (exact) mass is 362 g/mol. The van der Waals surface area contributed by atoms with E-state index >= 15 is 0 Å². The molecule has 1 aliphatic heterocycles. The van der Waals surface area contributed by atoms with Crippen molar-refractivity contribution in [2.24, 2.45) is 0 Å². The zero-order valence-corrected chi connectivity index (χ0v) is 14.1. The molecule has 0 amide bonds. The predicted octanol–water partition coefficient (Wildman–Crippen LogP) is 2.46. The number of hydrogen-bond donors (Lipinski definition) is 1. The minimum Gasteiger partial charge on any atom is -0.478 e. The molecule has 130 valence electrons. The summed E-state index contributed by atoms with van der Waals surface area (Å²) in [5.74, 6) is -1.37. The molecule has 1 aromatic carbocycles. The molecule has 0 atom stereocenters. The molecule has 6 nitrogen and oxygen atoms in total. The first-order chi connectivity index (χ1) is 11.8. The number of carboxylic acid groups (broad SMARTS) is 1. The van der Waals surface area contributed by atoms with Crippen LogP contribution in [0.3, 0.4) is 0 Å². The molecule has 2 heterocycles. The number of nitrogens with zero attached hydrogens (tertiary/aromatic N) is 2. The number of aliphatic carboxylic acids is 1. The summed E-state index contributed by atoms with van der Waals surface area (Å²) in [6, 6.07) is 6.55. The lowest BCUT2D eigenvalue weighted by molar-refractivity contribution is -0.132. The number of carbonyl (C=O) groups is 1. The van der Waals surface area contributed by atoms with Gasteiger partial charge in [0.25, 0.3) is 10.0 Å². The Bertz CT molecular complexity index is 986. The van der Waals surface area contributed by atoms with Gasteiger partial charge >= 0.3 is 5.97 Å². The van der Waals surface area contributed by atoms with Crippen molar-refractivity contribution in [3.05, 3.63) is 59.0 Å². The Balaban J connectivity index is 1.97. The van der Waals surface area contributed by atoms with Crippen LogP contribution in [-0.2, 0) is 21.2 Å². The molecule has 0 bridgehead atoms. The Morgan fingerprint density at radius 3 is 2.80 bits per heavy atom. The Morgan fingerprint density at radius 2 is 2.12 bits per heavy atom. The Labute approximate surface area is 144 Å². The lowest BCUT2D eigenvalue weighted by Crippen LogP contribution is -2.29. The minimum atomic E-state index is -3.90. The van der Waals surface area contributed by atoms with Gasteiger partial charge < -0.3 is 5.11 Å². The molecule has 1 aromatic heterocycles. The van der Waals surface area contributed by atoms with Crippen molar-refractivity contribution in [2.45, 2.75) is 18.2 Å². The highest BCUT2D eigenvalue weighted by atomic mass is 32.2. The summed E-state index contributed by atoms with van der Waals surface area (Å²) < 4.78 is 40.0. The maximum absolute atomic E-state index is 13.4. The molecule has 25 heavy (non-hydrogen) atoms. The molecule has 1 N–H and O–H groups in total. The number of pyridine rings is 1. The van der Waals surface area contributed by atoms with Gasteiger partial charge in [0.05, 0.1) is 4.90 Å². The number of halogens is 1. The minimum absolute atomic E-state index is 0.132. The van der Waals surface area contributed by atoms with Gasteiger partial charge in [0, 0.05) is 18.3 Å². The van der Waals surface area contributed by atoms with Crippen LogP contribution < -0.4 is 4.31 Å². The van der Waals surface area contributed by atoms with Gasteiger partial charge in [0.15, 0.2) is 0 Å². The average Bonchev–Trinajstić information content (AvgIpc) is 2.98. The van der Waals surface area contributed by atoms with Gasteiger partial charge in [-0.15, -0.1) is 0 Å². The van der Waals surface area contributed by atoms with Crippen molar-refractivity contribution in [3.63, 3.8) is 0 Å². The lowest BCUT2D eigenvalue weighted by atomic mass is 10.1. The molecular weight excluding hydrogens is 347 g/mol. The molecule has 0 aliphatic carbocycles. The molecule has 1 aliphatic rings. The number of aromatic nitrogens is 1. The van der Waals surface area contributed by atoms with Crippen LogP contribution in [0.25, 0.3) is 6.08 Å². The molecular formula is C17H15FN2O4S. The van der Waals surface area contributed by atoms with E-state index in [1.54, 1.807) is 6.07 Å². The van der Waals surface area contributed by atoms with Crippen LogP contribution in [0.5, 0.6) is 0 Å². The van der Waals surface area contributed by atoms with Crippen molar-refractivity contribution >= 4 is 27.9 Å². The van der Waals surface area contributed by atoms with Gasteiger partial charge in [-0.25, -0.2) is 26.9 Å². The summed E-state index contributed by atoms with van der Waals surface area (Å²) in [5, 5.41) is 8.93. The molecule has 8 heteroatoms. The molecule has 0 unspecified atom stereocenters. The summed E-state index contributed by atoms with van der Waals surface area (Å²) in [6.45, 7) is 1.67. The van der Waals surface area contributed by atoms with Crippen LogP contribution in [0, 0.1) is 5.82 Å². The molecule has 2 aromatic rings. The highest BCUT2D eigenvalue weighted by Gasteiger charge is 2.32. The highest BCUT2D eigenvalue weighted by molar-refractivity contribution is 7.92. The van der Waals surface area contributed by atoms with E-state index in [9.17, 15) is 17.6 Å². The normalized spacial score (nSPS) is 14.5. The summed E-state index contributed by atoms with van der Waals surface area (Å²) in [6.07, 6.45) is 3.34. The molecule has 0 saturated heterocycles. The third kappa shape index (κ3) is 3.25. The number of benzene rings is 1. The van der Waals surface area contributed by atoms with E-state index in [1.165, 1.54) is 37.4 Å². The van der Waals surface area contributed by atoms with Crippen LogP contribution in [0.15, 0.2) is 47.0 Å². The first-order valence-corrected chi connectivity index (χ1v) is 8.92. The first-order valence-electron chi connectivity index (χ1n) is 7.48. The van der Waals surface area contributed by atoms with E-state index in [1.807, 2.05) is 0 Å². The second-order valence-electron chi connectivity index (χ2n) is 5.67. The van der Waals surface area contributed by atoms with Crippen molar-refractivity contribution < 1.29 is 22.7 Å². The van der Waals surface area contributed by atoms with Crippen LogP contribution in [0.4, 0.5) is 10.2 Å². The van der Waals surface area contributed by atoms with Crippen LogP contribution in [-0.4, -0.2) is 31.0 Å². The maximum Gasteiger partial charge on any atom is 0.331 e. The molecule has 0 radical (unpaired) electrons. The fourth-order valence-electron chi connectivity index (χ4n) is 2.64. The highest BCUT2D eigenvalue weighted by Crippen LogP contribution is 2.32. The van der Waals surface area contributed by atoms with Gasteiger partial charge in [-0.2, -0.15) is 0 Å². The number of hydrogen-bond acceptors (Lipinski definition) is 4. The largest absolute Gasteiger partial charge is 0.478 e. The third-order valence-corrected chi connectivity index (χ3v) is 5.67. The first kappa shape index (κ1) is 17.1. The van der Waals surface area contributed by atoms with E-state index in [-0.39, 0.29) is 22.8 Å². The van der Waals surface area contributed by atoms with Gasteiger partial charge in [0.1, 0.15) is 11.6 Å². The molecule has 3 rings (SSSR count). The quantitative estimate of drug-likeness (QED) is 0.844. The zero-order chi connectivity index (χ0) is 18.2. The fraction of sp³-hybridized carbons (Fsp3) is 0.176. The third-order valence-electron chi connectivity index (χ3n) is 3.89. The van der Waals surface area contributed by atoms with Gasteiger partial charge in [-0.1, -0.05) is 6.07 Å². The van der Waals surface area contributed by atoms with Gasteiger partial charge in [0.2, 0.25) is 0 Å². The van der Waals surface area contributed by atoms with Crippen LogP contribution >= 0.6 is 0 Å². The fourth-order valence-corrected chi connectivity index (χ4v) is 4.13. The van der Waals surface area contributed by atoms with Crippen molar-refractivity contribution in [1.82, 2.24) is 4.98 Å². The number of anilines is 1. The number of carboxylic acids is 1. The average molecular weight is 362 g/mol. The summed E-state index contributed by atoms with van der Waals surface area (Å²) in [5.41, 5.74) is 1.44. The summed E-state index contributed by atoms with van der Waals surface area (Å²) >= 11 is 0. The van der Waals surface area contributed by atoms with Gasteiger partial charge in [-0.3, -0.25) is 0 Å². The van der Waals surface area contributed by atoms with E-state index in [0.717, 1.165) is 10.4 Å². The summed E-state index contributed by atoms with van der Waals surface area (Å²) in [7, 11) is -3.90. The molecule has 0 spiro atoms.